The number of anilines is 1. The summed E-state index contributed by atoms with van der Waals surface area (Å²) in [5.74, 6) is 0.734. The molecule has 0 aliphatic carbocycles. The lowest BCUT2D eigenvalue weighted by molar-refractivity contribution is -0.141. The Morgan fingerprint density at radius 1 is 1.37 bits per heavy atom. The van der Waals surface area contributed by atoms with Crippen molar-refractivity contribution in [2.24, 2.45) is 7.05 Å². The van der Waals surface area contributed by atoms with Gasteiger partial charge in [-0.2, -0.15) is 23.4 Å². The van der Waals surface area contributed by atoms with Gasteiger partial charge in [0.25, 0.3) is 0 Å². The van der Waals surface area contributed by atoms with E-state index in [1.54, 1.807) is 30.9 Å². The SMILES string of the molecule is CCn1nc(C(F)(F)F)cc1CNc1ccnn1C. The number of hydrogen-bond donors (Lipinski definition) is 1. The summed E-state index contributed by atoms with van der Waals surface area (Å²) in [6, 6.07) is 2.81. The van der Waals surface area contributed by atoms with Gasteiger partial charge in [-0.3, -0.25) is 9.36 Å². The van der Waals surface area contributed by atoms with Crippen LogP contribution in [0.25, 0.3) is 0 Å². The molecular formula is C11H14F3N5. The first-order chi connectivity index (χ1) is 8.91. The molecular weight excluding hydrogens is 259 g/mol. The molecule has 0 spiro atoms. The maximum absolute atomic E-state index is 12.6. The third-order valence-electron chi connectivity index (χ3n) is 2.72. The lowest BCUT2D eigenvalue weighted by atomic mass is 10.3. The number of nitrogens with zero attached hydrogens (tertiary/aromatic N) is 4. The second-order valence-corrected chi connectivity index (χ2v) is 4.03. The normalized spacial score (nSPS) is 11.8. The van der Waals surface area contributed by atoms with E-state index in [1.165, 1.54) is 4.68 Å². The molecule has 0 amide bonds. The van der Waals surface area contributed by atoms with Crippen molar-refractivity contribution in [3.8, 4) is 0 Å². The van der Waals surface area contributed by atoms with E-state index in [4.69, 9.17) is 0 Å². The maximum atomic E-state index is 12.6. The number of nitrogens with one attached hydrogen (secondary N) is 1. The highest BCUT2D eigenvalue weighted by Gasteiger charge is 2.34. The Labute approximate surface area is 108 Å². The van der Waals surface area contributed by atoms with E-state index in [-0.39, 0.29) is 6.54 Å². The quantitative estimate of drug-likeness (QED) is 0.929. The average Bonchev–Trinajstić information content (AvgIpc) is 2.91. The number of alkyl halides is 3. The summed E-state index contributed by atoms with van der Waals surface area (Å²) in [6.45, 7) is 2.40. The Bertz CT molecular complexity index is 555. The van der Waals surface area contributed by atoms with Gasteiger partial charge in [-0.15, -0.1) is 0 Å². The summed E-state index contributed by atoms with van der Waals surface area (Å²) in [6.07, 6.45) is -2.80. The van der Waals surface area contributed by atoms with Crippen LogP contribution in [0.1, 0.15) is 18.3 Å². The Morgan fingerprint density at radius 3 is 2.63 bits per heavy atom. The Balaban J connectivity index is 2.16. The fraction of sp³-hybridized carbons (Fsp3) is 0.455. The second-order valence-electron chi connectivity index (χ2n) is 4.03. The van der Waals surface area contributed by atoms with Gasteiger partial charge in [0, 0.05) is 19.7 Å². The summed E-state index contributed by atoms with van der Waals surface area (Å²) < 4.78 is 40.7. The van der Waals surface area contributed by atoms with Gasteiger partial charge in [0.1, 0.15) is 5.82 Å². The average molecular weight is 273 g/mol. The second kappa shape index (κ2) is 4.94. The lowest BCUT2D eigenvalue weighted by Gasteiger charge is -2.07. The van der Waals surface area contributed by atoms with Crippen molar-refractivity contribution in [3.63, 3.8) is 0 Å². The van der Waals surface area contributed by atoms with Crippen molar-refractivity contribution in [3.05, 3.63) is 29.7 Å². The van der Waals surface area contributed by atoms with Crippen molar-refractivity contribution in [1.29, 1.82) is 0 Å². The molecule has 0 saturated carbocycles. The molecule has 19 heavy (non-hydrogen) atoms. The van der Waals surface area contributed by atoms with Crippen LogP contribution in [0.5, 0.6) is 0 Å². The number of aromatic nitrogens is 4. The van der Waals surface area contributed by atoms with E-state index < -0.39 is 11.9 Å². The highest BCUT2D eigenvalue weighted by Crippen LogP contribution is 2.28. The minimum absolute atomic E-state index is 0.260. The summed E-state index contributed by atoms with van der Waals surface area (Å²) in [7, 11) is 1.75. The molecule has 0 radical (unpaired) electrons. The summed E-state index contributed by atoms with van der Waals surface area (Å²) in [5, 5.41) is 10.5. The van der Waals surface area contributed by atoms with Crippen molar-refractivity contribution in [2.75, 3.05) is 5.32 Å². The van der Waals surface area contributed by atoms with Gasteiger partial charge in [0.05, 0.1) is 18.4 Å². The van der Waals surface area contributed by atoms with Crippen LogP contribution < -0.4 is 5.32 Å². The van der Waals surface area contributed by atoms with Crippen molar-refractivity contribution < 1.29 is 13.2 Å². The van der Waals surface area contributed by atoms with Gasteiger partial charge in [-0.05, 0) is 13.0 Å². The predicted octanol–water partition coefficient (Wildman–Crippen LogP) is 2.27. The molecule has 0 fully saturated rings. The molecule has 8 heteroatoms. The van der Waals surface area contributed by atoms with E-state index in [0.29, 0.717) is 12.2 Å². The molecule has 0 unspecified atom stereocenters. The first kappa shape index (κ1) is 13.4. The highest BCUT2D eigenvalue weighted by molar-refractivity contribution is 5.34. The van der Waals surface area contributed by atoms with Crippen LogP contribution in [-0.4, -0.2) is 19.6 Å². The predicted molar refractivity (Wildman–Crippen MR) is 63.4 cm³/mol. The molecule has 1 N–H and O–H groups in total. The van der Waals surface area contributed by atoms with E-state index in [1.807, 2.05) is 0 Å². The molecule has 0 saturated heterocycles. The fourth-order valence-corrected chi connectivity index (χ4v) is 1.74. The molecule has 2 aromatic rings. The van der Waals surface area contributed by atoms with Crippen LogP contribution in [0.4, 0.5) is 19.0 Å². The summed E-state index contributed by atoms with van der Waals surface area (Å²) >= 11 is 0. The van der Waals surface area contributed by atoms with E-state index in [9.17, 15) is 13.2 Å². The van der Waals surface area contributed by atoms with Crippen molar-refractivity contribution >= 4 is 5.82 Å². The zero-order valence-electron chi connectivity index (χ0n) is 10.6. The number of aryl methyl sites for hydroxylation is 2. The molecule has 0 aliphatic heterocycles. The molecule has 0 aliphatic rings. The zero-order chi connectivity index (χ0) is 14.0. The van der Waals surface area contributed by atoms with E-state index >= 15 is 0 Å². The van der Waals surface area contributed by atoms with E-state index in [2.05, 4.69) is 15.5 Å². The molecule has 2 rings (SSSR count). The van der Waals surface area contributed by atoms with Crippen LogP contribution in [-0.2, 0) is 26.3 Å². The number of hydrogen-bond acceptors (Lipinski definition) is 3. The van der Waals surface area contributed by atoms with Gasteiger partial charge in [-0.25, -0.2) is 0 Å². The minimum atomic E-state index is -4.41. The smallest absolute Gasteiger partial charge is 0.365 e. The largest absolute Gasteiger partial charge is 0.435 e. The standard InChI is InChI=1S/C11H14F3N5/c1-3-19-8(6-9(17-19)11(12,13)14)7-15-10-4-5-16-18(10)2/h4-6,15H,3,7H2,1-2H3. The van der Waals surface area contributed by atoms with Crippen LogP contribution in [0, 0.1) is 0 Å². The van der Waals surface area contributed by atoms with Gasteiger partial charge in [-0.1, -0.05) is 0 Å². The lowest BCUT2D eigenvalue weighted by Crippen LogP contribution is -2.10. The first-order valence-electron chi connectivity index (χ1n) is 5.77. The molecule has 2 aromatic heterocycles. The van der Waals surface area contributed by atoms with Gasteiger partial charge in [0.2, 0.25) is 0 Å². The van der Waals surface area contributed by atoms with Crippen LogP contribution >= 0.6 is 0 Å². The van der Waals surface area contributed by atoms with Crippen LogP contribution in [0.3, 0.4) is 0 Å². The molecule has 104 valence electrons. The third-order valence-corrected chi connectivity index (χ3v) is 2.72. The van der Waals surface area contributed by atoms with Gasteiger partial charge < -0.3 is 5.32 Å². The Kier molecular flexibility index (Phi) is 3.50. The summed E-state index contributed by atoms with van der Waals surface area (Å²) in [5.41, 5.74) is -0.382. The first-order valence-corrected chi connectivity index (χ1v) is 5.77. The molecule has 0 aromatic carbocycles. The molecule has 5 nitrogen and oxygen atoms in total. The molecule has 0 bridgehead atoms. The fourth-order valence-electron chi connectivity index (χ4n) is 1.74. The molecule has 0 atom stereocenters. The Hall–Kier alpha value is -1.99. The van der Waals surface area contributed by atoms with Gasteiger partial charge >= 0.3 is 6.18 Å². The number of rotatable bonds is 4. The number of halogens is 3. The Morgan fingerprint density at radius 2 is 2.11 bits per heavy atom. The van der Waals surface area contributed by atoms with Crippen molar-refractivity contribution in [1.82, 2.24) is 19.6 Å². The van der Waals surface area contributed by atoms with Crippen molar-refractivity contribution in [2.45, 2.75) is 26.2 Å². The van der Waals surface area contributed by atoms with E-state index in [0.717, 1.165) is 11.9 Å². The highest BCUT2D eigenvalue weighted by atomic mass is 19.4. The topological polar surface area (TPSA) is 47.7 Å². The monoisotopic (exact) mass is 273 g/mol. The minimum Gasteiger partial charge on any atom is -0.365 e. The maximum Gasteiger partial charge on any atom is 0.435 e. The van der Waals surface area contributed by atoms with Crippen LogP contribution in [0.2, 0.25) is 0 Å². The molecule has 2 heterocycles. The van der Waals surface area contributed by atoms with Gasteiger partial charge in [0.15, 0.2) is 5.69 Å². The summed E-state index contributed by atoms with van der Waals surface area (Å²) in [4.78, 5) is 0. The zero-order valence-corrected chi connectivity index (χ0v) is 10.6. The van der Waals surface area contributed by atoms with Crippen LogP contribution in [0.15, 0.2) is 18.3 Å². The third kappa shape index (κ3) is 2.88.